The maximum absolute atomic E-state index is 11.2. The third-order valence-corrected chi connectivity index (χ3v) is 2.16. The van der Waals surface area contributed by atoms with Gasteiger partial charge in [0.15, 0.2) is 5.78 Å². The molecule has 0 unspecified atom stereocenters. The normalized spacial score (nSPS) is 11.4. The van der Waals surface area contributed by atoms with Gasteiger partial charge in [0.2, 0.25) is 5.95 Å². The van der Waals surface area contributed by atoms with Crippen molar-refractivity contribution < 1.29 is 9.90 Å². The van der Waals surface area contributed by atoms with Gasteiger partial charge in [-0.15, -0.1) is 0 Å². The van der Waals surface area contributed by atoms with Crippen LogP contribution in [0.4, 0.5) is 5.95 Å². The van der Waals surface area contributed by atoms with Gasteiger partial charge in [0, 0.05) is 26.0 Å². The van der Waals surface area contributed by atoms with Gasteiger partial charge in [0.25, 0.3) is 0 Å². The van der Waals surface area contributed by atoms with Gasteiger partial charge < -0.3 is 10.0 Å². The number of aromatic nitrogens is 2. The SMILES string of the molecule is CN(CC(C)(C)C)c1ncc(C(=O)CO)cn1. The van der Waals surface area contributed by atoms with Gasteiger partial charge in [-0.2, -0.15) is 0 Å². The molecule has 1 aromatic heterocycles. The number of Topliss-reactive ketones (excluding diaryl/α,β-unsaturated/α-hetero) is 1. The monoisotopic (exact) mass is 237 g/mol. The first kappa shape index (κ1) is 13.6. The van der Waals surface area contributed by atoms with Crippen LogP contribution in [0.25, 0.3) is 0 Å². The van der Waals surface area contributed by atoms with Gasteiger partial charge in [0.1, 0.15) is 6.61 Å². The lowest BCUT2D eigenvalue weighted by molar-refractivity contribution is 0.0903. The van der Waals surface area contributed by atoms with Crippen molar-refractivity contribution in [2.75, 3.05) is 25.1 Å². The predicted octanol–water partition coefficient (Wildman–Crippen LogP) is 1.13. The first-order chi connectivity index (χ1) is 7.83. The van der Waals surface area contributed by atoms with Crippen LogP contribution in [0.3, 0.4) is 0 Å². The molecule has 0 fully saturated rings. The van der Waals surface area contributed by atoms with Crippen LogP contribution in [-0.2, 0) is 0 Å². The molecule has 0 spiro atoms. The lowest BCUT2D eigenvalue weighted by Crippen LogP contribution is -2.30. The van der Waals surface area contributed by atoms with E-state index in [2.05, 4.69) is 30.7 Å². The van der Waals surface area contributed by atoms with Gasteiger partial charge >= 0.3 is 0 Å². The minimum atomic E-state index is -0.513. The molecule has 1 heterocycles. The second kappa shape index (κ2) is 5.23. The third kappa shape index (κ3) is 4.11. The van der Waals surface area contributed by atoms with Gasteiger partial charge in [-0.1, -0.05) is 20.8 Å². The van der Waals surface area contributed by atoms with Crippen LogP contribution in [0.1, 0.15) is 31.1 Å². The number of ketones is 1. The van der Waals surface area contributed by atoms with Crippen LogP contribution in [-0.4, -0.2) is 41.1 Å². The lowest BCUT2D eigenvalue weighted by Gasteiger charge is -2.26. The smallest absolute Gasteiger partial charge is 0.225 e. The number of carbonyl (C=O) groups is 1. The minimum Gasteiger partial charge on any atom is -0.388 e. The molecule has 1 N–H and O–H groups in total. The highest BCUT2D eigenvalue weighted by Gasteiger charge is 2.15. The van der Waals surface area contributed by atoms with Crippen molar-refractivity contribution in [3.63, 3.8) is 0 Å². The van der Waals surface area contributed by atoms with E-state index >= 15 is 0 Å². The summed E-state index contributed by atoms with van der Waals surface area (Å²) in [6.45, 7) is 6.70. The van der Waals surface area contributed by atoms with E-state index in [1.807, 2.05) is 11.9 Å². The number of carbonyl (C=O) groups excluding carboxylic acids is 1. The summed E-state index contributed by atoms with van der Waals surface area (Å²) in [5.41, 5.74) is 0.484. The van der Waals surface area contributed by atoms with Crippen LogP contribution < -0.4 is 4.90 Å². The van der Waals surface area contributed by atoms with E-state index in [0.717, 1.165) is 6.54 Å². The van der Waals surface area contributed by atoms with Gasteiger partial charge in [0.05, 0.1) is 5.56 Å². The largest absolute Gasteiger partial charge is 0.388 e. The molecular formula is C12H19N3O2. The summed E-state index contributed by atoms with van der Waals surface area (Å²) in [7, 11) is 1.91. The fraction of sp³-hybridized carbons (Fsp3) is 0.583. The fourth-order valence-corrected chi connectivity index (χ4v) is 1.54. The molecule has 0 radical (unpaired) electrons. The Balaban J connectivity index is 2.77. The maximum Gasteiger partial charge on any atom is 0.225 e. The first-order valence-electron chi connectivity index (χ1n) is 5.51. The van der Waals surface area contributed by atoms with Gasteiger partial charge in [-0.25, -0.2) is 9.97 Å². The Bertz CT molecular complexity index is 382. The zero-order valence-corrected chi connectivity index (χ0v) is 10.8. The Morgan fingerprint density at radius 1 is 1.35 bits per heavy atom. The molecule has 1 rings (SSSR count). The minimum absolute atomic E-state index is 0.150. The topological polar surface area (TPSA) is 66.3 Å². The molecule has 0 aliphatic carbocycles. The number of rotatable bonds is 4. The number of aliphatic hydroxyl groups is 1. The zero-order valence-electron chi connectivity index (χ0n) is 10.8. The van der Waals surface area contributed by atoms with E-state index in [9.17, 15) is 4.79 Å². The second-order valence-corrected chi connectivity index (χ2v) is 5.27. The standard InChI is InChI=1S/C12H19N3O2/c1-12(2,3)8-15(4)11-13-5-9(6-14-11)10(17)7-16/h5-6,16H,7-8H2,1-4H3. The molecule has 0 saturated carbocycles. The average Bonchev–Trinajstić information content (AvgIpc) is 2.26. The number of hydrogen-bond acceptors (Lipinski definition) is 5. The van der Waals surface area contributed by atoms with E-state index < -0.39 is 6.61 Å². The summed E-state index contributed by atoms with van der Waals surface area (Å²) in [6, 6.07) is 0. The molecule has 1 aromatic rings. The Morgan fingerprint density at radius 2 is 1.88 bits per heavy atom. The molecule has 5 heteroatoms. The predicted molar refractivity (Wildman–Crippen MR) is 66.2 cm³/mol. The molecule has 0 aliphatic heterocycles. The average molecular weight is 237 g/mol. The Hall–Kier alpha value is -1.49. The molecule has 0 saturated heterocycles. The van der Waals surface area contributed by atoms with E-state index in [0.29, 0.717) is 11.5 Å². The molecule has 94 valence electrons. The molecule has 0 atom stereocenters. The molecule has 5 nitrogen and oxygen atoms in total. The Labute approximate surface area is 102 Å². The molecular weight excluding hydrogens is 218 g/mol. The van der Waals surface area contributed by atoms with E-state index in [-0.39, 0.29) is 11.2 Å². The Morgan fingerprint density at radius 3 is 2.29 bits per heavy atom. The summed E-state index contributed by atoms with van der Waals surface area (Å²) in [4.78, 5) is 21.3. The van der Waals surface area contributed by atoms with Crippen LogP contribution in [0, 0.1) is 5.41 Å². The van der Waals surface area contributed by atoms with Crippen molar-refractivity contribution in [1.82, 2.24) is 9.97 Å². The zero-order chi connectivity index (χ0) is 13.1. The number of nitrogens with zero attached hydrogens (tertiary/aromatic N) is 3. The van der Waals surface area contributed by atoms with Gasteiger partial charge in [-0.3, -0.25) is 4.79 Å². The first-order valence-corrected chi connectivity index (χ1v) is 5.51. The van der Waals surface area contributed by atoms with E-state index in [4.69, 9.17) is 5.11 Å². The molecule has 17 heavy (non-hydrogen) atoms. The van der Waals surface area contributed by atoms with Crippen LogP contribution in [0.2, 0.25) is 0 Å². The van der Waals surface area contributed by atoms with Crippen molar-refractivity contribution in [2.24, 2.45) is 5.41 Å². The van der Waals surface area contributed by atoms with Gasteiger partial charge in [-0.05, 0) is 5.41 Å². The van der Waals surface area contributed by atoms with E-state index in [1.165, 1.54) is 12.4 Å². The maximum atomic E-state index is 11.2. The van der Waals surface area contributed by atoms with Crippen LogP contribution in [0.5, 0.6) is 0 Å². The second-order valence-electron chi connectivity index (χ2n) is 5.27. The molecule has 0 bridgehead atoms. The van der Waals surface area contributed by atoms with Crippen LogP contribution >= 0.6 is 0 Å². The lowest BCUT2D eigenvalue weighted by atomic mass is 9.96. The highest BCUT2D eigenvalue weighted by atomic mass is 16.3. The van der Waals surface area contributed by atoms with Crippen molar-refractivity contribution in [3.05, 3.63) is 18.0 Å². The van der Waals surface area contributed by atoms with Crippen molar-refractivity contribution in [2.45, 2.75) is 20.8 Å². The molecule has 0 amide bonds. The molecule has 0 aliphatic rings. The summed E-state index contributed by atoms with van der Waals surface area (Å²) in [5.74, 6) is 0.212. The fourth-order valence-electron chi connectivity index (χ4n) is 1.54. The highest BCUT2D eigenvalue weighted by molar-refractivity contribution is 5.96. The summed E-state index contributed by atoms with van der Waals surface area (Å²) < 4.78 is 0. The number of aliphatic hydroxyl groups excluding tert-OH is 1. The number of hydrogen-bond donors (Lipinski definition) is 1. The van der Waals surface area contributed by atoms with E-state index in [1.54, 1.807) is 0 Å². The van der Waals surface area contributed by atoms with Crippen molar-refractivity contribution in [1.29, 1.82) is 0 Å². The molecule has 0 aromatic carbocycles. The highest BCUT2D eigenvalue weighted by Crippen LogP contribution is 2.17. The Kier molecular flexibility index (Phi) is 4.17. The van der Waals surface area contributed by atoms with Crippen LogP contribution in [0.15, 0.2) is 12.4 Å². The number of anilines is 1. The summed E-state index contributed by atoms with van der Waals surface area (Å²) >= 11 is 0. The summed E-state index contributed by atoms with van der Waals surface area (Å²) in [6.07, 6.45) is 2.89. The van der Waals surface area contributed by atoms with Crippen molar-refractivity contribution >= 4 is 11.7 Å². The summed E-state index contributed by atoms with van der Waals surface area (Å²) in [5, 5.41) is 8.70. The quantitative estimate of drug-likeness (QED) is 0.795. The third-order valence-electron chi connectivity index (χ3n) is 2.16. The van der Waals surface area contributed by atoms with Crippen molar-refractivity contribution in [3.8, 4) is 0 Å².